The smallest absolute Gasteiger partial charge is 0.248 e. The molecular formula is C28H38N4O5. The van der Waals surface area contributed by atoms with E-state index in [2.05, 4.69) is 15.2 Å². The van der Waals surface area contributed by atoms with Crippen molar-refractivity contribution >= 4 is 16.8 Å². The van der Waals surface area contributed by atoms with Gasteiger partial charge in [0.05, 0.1) is 18.2 Å². The second-order valence-electron chi connectivity index (χ2n) is 9.33. The van der Waals surface area contributed by atoms with Gasteiger partial charge in [0, 0.05) is 43.3 Å². The molecule has 9 heteroatoms. The van der Waals surface area contributed by atoms with E-state index >= 15 is 0 Å². The minimum absolute atomic E-state index is 0.0139. The summed E-state index contributed by atoms with van der Waals surface area (Å²) >= 11 is 0. The highest BCUT2D eigenvalue weighted by molar-refractivity contribution is 5.92. The summed E-state index contributed by atoms with van der Waals surface area (Å²) in [5.41, 5.74) is 7.63. The van der Waals surface area contributed by atoms with Crippen LogP contribution in [0.3, 0.4) is 0 Å². The van der Waals surface area contributed by atoms with Gasteiger partial charge >= 0.3 is 0 Å². The number of aliphatic hydroxyl groups is 1. The van der Waals surface area contributed by atoms with E-state index in [-0.39, 0.29) is 11.3 Å². The van der Waals surface area contributed by atoms with Gasteiger partial charge in [-0.1, -0.05) is 31.0 Å². The number of nitrogens with two attached hydrogens (primary N) is 1. The van der Waals surface area contributed by atoms with Crippen molar-refractivity contribution in [3.8, 4) is 5.75 Å². The Bertz CT molecular complexity index is 1210. The summed E-state index contributed by atoms with van der Waals surface area (Å²) in [5, 5.41) is 24.5. The Balaban J connectivity index is 1.22. The van der Waals surface area contributed by atoms with E-state index in [1.54, 1.807) is 18.2 Å². The third kappa shape index (κ3) is 8.98. The normalized spacial score (nSPS) is 12.3. The number of likely N-dealkylation sites (N-methyl/N-ethyl adjacent to an activating group) is 1. The molecule has 6 N–H and O–H groups in total. The van der Waals surface area contributed by atoms with Gasteiger partial charge in [0.15, 0.2) is 0 Å². The molecule has 0 spiro atoms. The van der Waals surface area contributed by atoms with Crippen molar-refractivity contribution < 1.29 is 19.7 Å². The first kappa shape index (κ1) is 28.3. The van der Waals surface area contributed by atoms with Gasteiger partial charge in [-0.3, -0.25) is 14.5 Å². The number of aromatic amines is 1. The minimum atomic E-state index is -0.743. The number of unbranched alkanes of at least 4 members (excludes halogenated alkanes) is 3. The van der Waals surface area contributed by atoms with Crippen LogP contribution < -0.4 is 16.6 Å². The van der Waals surface area contributed by atoms with Gasteiger partial charge in [0.1, 0.15) is 5.75 Å². The van der Waals surface area contributed by atoms with Gasteiger partial charge in [-0.05, 0) is 61.8 Å². The van der Waals surface area contributed by atoms with Gasteiger partial charge in [0.2, 0.25) is 11.5 Å². The first-order valence-electron chi connectivity index (χ1n) is 12.7. The highest BCUT2D eigenvalue weighted by Gasteiger charge is 2.13. The molecule has 1 unspecified atom stereocenters. The number of aromatic hydroxyl groups is 1. The Morgan fingerprint density at radius 1 is 1.11 bits per heavy atom. The van der Waals surface area contributed by atoms with Gasteiger partial charge in [-0.2, -0.15) is 0 Å². The van der Waals surface area contributed by atoms with Crippen LogP contribution in [0.2, 0.25) is 0 Å². The van der Waals surface area contributed by atoms with Crippen molar-refractivity contribution in [2.24, 2.45) is 5.73 Å². The van der Waals surface area contributed by atoms with E-state index < -0.39 is 12.0 Å². The number of phenols is 1. The lowest BCUT2D eigenvalue weighted by Gasteiger charge is -2.17. The summed E-state index contributed by atoms with van der Waals surface area (Å²) in [6, 6.07) is 13.6. The predicted molar refractivity (Wildman–Crippen MR) is 145 cm³/mol. The second-order valence-corrected chi connectivity index (χ2v) is 9.33. The molecule has 0 aliphatic carbocycles. The highest BCUT2D eigenvalue weighted by Crippen LogP contribution is 2.28. The fourth-order valence-corrected chi connectivity index (χ4v) is 4.24. The summed E-state index contributed by atoms with van der Waals surface area (Å²) in [6.45, 7) is 4.11. The number of nitrogens with zero attached hydrogens (tertiary/aromatic N) is 1. The number of hydrogen-bond donors (Lipinski definition) is 5. The number of fused-ring (bicyclic) bond motifs is 1. The maximum atomic E-state index is 11.5. The molecule has 0 bridgehead atoms. The molecule has 0 aliphatic heterocycles. The first-order valence-corrected chi connectivity index (χ1v) is 12.7. The Hall–Kier alpha value is -3.24. The summed E-state index contributed by atoms with van der Waals surface area (Å²) in [5.74, 6) is -0.427. The SMILES string of the molecule is CN(CCOCCCCCCNCC(O)c1ccc(O)c2[nH]c(=O)ccc12)Cc1cccc(C(N)=O)c1. The van der Waals surface area contributed by atoms with Crippen LogP contribution in [0.1, 0.15) is 53.3 Å². The topological polar surface area (TPSA) is 141 Å². The number of benzene rings is 2. The molecule has 9 nitrogen and oxygen atoms in total. The van der Waals surface area contributed by atoms with Gasteiger partial charge in [0.25, 0.3) is 0 Å². The molecule has 1 heterocycles. The third-order valence-corrected chi connectivity index (χ3v) is 6.28. The summed E-state index contributed by atoms with van der Waals surface area (Å²) < 4.78 is 5.76. The number of H-pyrrole nitrogens is 1. The molecule has 1 amide bonds. The predicted octanol–water partition coefficient (Wildman–Crippen LogP) is 2.66. The van der Waals surface area contributed by atoms with Crippen LogP contribution in [0.25, 0.3) is 10.9 Å². The Morgan fingerprint density at radius 3 is 2.73 bits per heavy atom. The average Bonchev–Trinajstić information content (AvgIpc) is 2.87. The van der Waals surface area contributed by atoms with E-state index in [1.165, 1.54) is 12.1 Å². The van der Waals surface area contributed by atoms with E-state index in [9.17, 15) is 19.8 Å². The van der Waals surface area contributed by atoms with E-state index in [0.717, 1.165) is 57.5 Å². The number of aliphatic hydroxyl groups excluding tert-OH is 1. The summed E-state index contributed by atoms with van der Waals surface area (Å²) in [7, 11) is 2.02. The number of aromatic nitrogens is 1. The molecule has 3 rings (SSSR count). The molecule has 1 atom stereocenters. The van der Waals surface area contributed by atoms with Crippen molar-refractivity contribution in [2.75, 3.05) is 39.9 Å². The number of phenolic OH excluding ortho intramolecular Hbond substituents is 1. The quantitative estimate of drug-likeness (QED) is 0.187. The van der Waals surface area contributed by atoms with Gasteiger partial charge in [-0.25, -0.2) is 0 Å². The minimum Gasteiger partial charge on any atom is -0.506 e. The van der Waals surface area contributed by atoms with Crippen LogP contribution in [-0.2, 0) is 11.3 Å². The van der Waals surface area contributed by atoms with Crippen LogP contribution in [0, 0.1) is 0 Å². The summed E-state index contributed by atoms with van der Waals surface area (Å²) in [4.78, 5) is 27.6. The maximum Gasteiger partial charge on any atom is 0.248 e. The van der Waals surface area contributed by atoms with Crippen molar-refractivity contribution in [1.29, 1.82) is 0 Å². The van der Waals surface area contributed by atoms with Crippen molar-refractivity contribution in [3.63, 3.8) is 0 Å². The second kappa shape index (κ2) is 14.5. The van der Waals surface area contributed by atoms with Crippen molar-refractivity contribution in [3.05, 3.63) is 75.6 Å². The van der Waals surface area contributed by atoms with Gasteiger partial charge in [-0.15, -0.1) is 0 Å². The molecule has 0 radical (unpaired) electrons. The maximum absolute atomic E-state index is 11.5. The number of carbonyl (C=O) groups is 1. The molecule has 200 valence electrons. The molecule has 1 aromatic heterocycles. The molecular weight excluding hydrogens is 472 g/mol. The van der Waals surface area contributed by atoms with E-state index in [0.29, 0.717) is 35.2 Å². The lowest BCUT2D eigenvalue weighted by Crippen LogP contribution is -2.23. The van der Waals surface area contributed by atoms with Crippen LogP contribution in [-0.4, -0.2) is 65.9 Å². The van der Waals surface area contributed by atoms with E-state index in [4.69, 9.17) is 10.5 Å². The third-order valence-electron chi connectivity index (χ3n) is 6.28. The largest absolute Gasteiger partial charge is 0.506 e. The molecule has 0 saturated heterocycles. The fraction of sp³-hybridized carbons (Fsp3) is 0.429. The zero-order valence-corrected chi connectivity index (χ0v) is 21.4. The van der Waals surface area contributed by atoms with E-state index in [1.807, 2.05) is 25.2 Å². The number of rotatable bonds is 16. The zero-order valence-electron chi connectivity index (χ0n) is 21.4. The van der Waals surface area contributed by atoms with Crippen LogP contribution in [0.5, 0.6) is 5.75 Å². The average molecular weight is 511 g/mol. The molecule has 0 fully saturated rings. The van der Waals surface area contributed by atoms with Gasteiger partial charge < -0.3 is 31.0 Å². The zero-order chi connectivity index (χ0) is 26.6. The molecule has 2 aromatic carbocycles. The molecule has 3 aromatic rings. The standard InChI is InChI=1S/C28H38N4O5/c1-32(19-20-7-6-8-21(17-20)28(29)36)14-16-37-15-5-3-2-4-13-30-18-25(34)22-9-11-24(33)27-23(22)10-12-26(35)31-27/h6-12,17,25,30,33-34H,2-5,13-16,18-19H2,1H3,(H2,29,36)(H,31,35). The number of ether oxygens (including phenoxy) is 1. The summed E-state index contributed by atoms with van der Waals surface area (Å²) in [6.07, 6.45) is 3.42. The number of primary amides is 1. The molecule has 0 saturated carbocycles. The lowest BCUT2D eigenvalue weighted by atomic mass is 10.0. The number of amides is 1. The monoisotopic (exact) mass is 510 g/mol. The number of hydrogen-bond acceptors (Lipinski definition) is 7. The lowest BCUT2D eigenvalue weighted by molar-refractivity contribution is 0.0999. The van der Waals surface area contributed by atoms with Crippen molar-refractivity contribution in [1.82, 2.24) is 15.2 Å². The molecule has 0 aliphatic rings. The number of pyridine rings is 1. The Kier molecular flexibility index (Phi) is 11.1. The Morgan fingerprint density at radius 2 is 1.92 bits per heavy atom. The van der Waals surface area contributed by atoms with Crippen molar-refractivity contribution in [2.45, 2.75) is 38.3 Å². The van der Waals surface area contributed by atoms with Crippen LogP contribution in [0.4, 0.5) is 0 Å². The van der Waals surface area contributed by atoms with Crippen LogP contribution >= 0.6 is 0 Å². The number of carbonyl (C=O) groups excluding carboxylic acids is 1. The highest BCUT2D eigenvalue weighted by atomic mass is 16.5. The number of nitrogens with one attached hydrogen (secondary N) is 2. The molecule has 37 heavy (non-hydrogen) atoms. The Labute approximate surface area is 217 Å². The fourth-order valence-electron chi connectivity index (χ4n) is 4.24. The first-order chi connectivity index (χ1) is 17.8. The van der Waals surface area contributed by atoms with Crippen LogP contribution in [0.15, 0.2) is 53.3 Å².